The van der Waals surface area contributed by atoms with Crippen LogP contribution in [-0.2, 0) is 21.2 Å². The molecular formula is C27H25NO3S. The van der Waals surface area contributed by atoms with Gasteiger partial charge >= 0.3 is 0 Å². The summed E-state index contributed by atoms with van der Waals surface area (Å²) in [5, 5.41) is 0. The van der Waals surface area contributed by atoms with E-state index in [0.717, 1.165) is 51.4 Å². The molecule has 5 rings (SSSR count). The average Bonchev–Trinajstić information content (AvgIpc) is 2.99. The van der Waals surface area contributed by atoms with E-state index in [4.69, 9.17) is 0 Å². The van der Waals surface area contributed by atoms with Gasteiger partial charge in [0.2, 0.25) is 5.91 Å². The molecule has 1 amide bonds. The standard InChI is InChI=1S/C27H25NO3S/c1-19-14-16-22(17-15-19)32(30,31)28-26(29)18-25(21-8-3-2-4-9-21)24-13-7-11-20-10-5-6-12-23(20)27(24)28/h2-6,8-10,12,14-17,25H,7,11,13,18H2,1H3. The molecule has 2 aliphatic rings. The van der Waals surface area contributed by atoms with E-state index < -0.39 is 10.0 Å². The zero-order valence-electron chi connectivity index (χ0n) is 18.0. The molecule has 1 heterocycles. The van der Waals surface area contributed by atoms with Gasteiger partial charge in [0.1, 0.15) is 0 Å². The fourth-order valence-corrected chi connectivity index (χ4v) is 6.38. The molecule has 3 aromatic rings. The summed E-state index contributed by atoms with van der Waals surface area (Å²) in [4.78, 5) is 13.7. The van der Waals surface area contributed by atoms with E-state index in [1.54, 1.807) is 24.3 Å². The van der Waals surface area contributed by atoms with Gasteiger partial charge in [0, 0.05) is 17.9 Å². The normalized spacial score (nSPS) is 18.7. The van der Waals surface area contributed by atoms with E-state index in [2.05, 4.69) is 0 Å². The van der Waals surface area contributed by atoms with Gasteiger partial charge in [-0.25, -0.2) is 12.7 Å². The Morgan fingerprint density at radius 1 is 0.844 bits per heavy atom. The van der Waals surface area contributed by atoms with Gasteiger partial charge < -0.3 is 0 Å². The number of hydrogen-bond acceptors (Lipinski definition) is 3. The van der Waals surface area contributed by atoms with Crippen LogP contribution in [0, 0.1) is 6.92 Å². The lowest BCUT2D eigenvalue weighted by atomic mass is 9.82. The van der Waals surface area contributed by atoms with Gasteiger partial charge in [0.05, 0.1) is 10.6 Å². The van der Waals surface area contributed by atoms with Gasteiger partial charge in [-0.05, 0) is 55.0 Å². The van der Waals surface area contributed by atoms with Crippen LogP contribution in [0.25, 0.3) is 5.70 Å². The fraction of sp³-hybridized carbons (Fsp3) is 0.222. The van der Waals surface area contributed by atoms with Crippen molar-refractivity contribution in [3.63, 3.8) is 0 Å². The van der Waals surface area contributed by atoms with E-state index in [0.29, 0.717) is 5.70 Å². The smallest absolute Gasteiger partial charge is 0.270 e. The first-order chi connectivity index (χ1) is 15.5. The maximum atomic E-state index is 13.8. The van der Waals surface area contributed by atoms with Crippen molar-refractivity contribution in [2.75, 3.05) is 0 Å². The van der Waals surface area contributed by atoms with E-state index in [9.17, 15) is 13.2 Å². The van der Waals surface area contributed by atoms with Crippen LogP contribution >= 0.6 is 0 Å². The third-order valence-corrected chi connectivity index (χ3v) is 8.19. The van der Waals surface area contributed by atoms with Crippen molar-refractivity contribution >= 4 is 21.6 Å². The summed E-state index contributed by atoms with van der Waals surface area (Å²) in [6.07, 6.45) is 2.69. The Labute approximate surface area is 189 Å². The summed E-state index contributed by atoms with van der Waals surface area (Å²) in [6.45, 7) is 1.91. The lowest BCUT2D eigenvalue weighted by Gasteiger charge is -2.36. The van der Waals surface area contributed by atoms with Gasteiger partial charge in [0.25, 0.3) is 10.0 Å². The highest BCUT2D eigenvalue weighted by Gasteiger charge is 2.42. The SMILES string of the molecule is Cc1ccc(S(=O)(=O)N2C(=O)CC(c3ccccc3)C3=C2c2ccccc2CCC3)cc1. The molecule has 4 nitrogen and oxygen atoms in total. The molecule has 3 aromatic carbocycles. The fourth-order valence-electron chi connectivity index (χ4n) is 4.89. The number of carbonyl (C=O) groups excluding carboxylic acids is 1. The minimum atomic E-state index is -4.04. The van der Waals surface area contributed by atoms with Crippen molar-refractivity contribution in [2.24, 2.45) is 0 Å². The number of amides is 1. The molecule has 0 saturated heterocycles. The summed E-state index contributed by atoms with van der Waals surface area (Å²) < 4.78 is 28.7. The quantitative estimate of drug-likeness (QED) is 0.541. The zero-order chi connectivity index (χ0) is 22.3. The van der Waals surface area contributed by atoms with Gasteiger partial charge in [-0.3, -0.25) is 4.79 Å². The molecule has 0 radical (unpaired) electrons. The third-order valence-electron chi connectivity index (χ3n) is 6.46. The van der Waals surface area contributed by atoms with Crippen molar-refractivity contribution < 1.29 is 13.2 Å². The van der Waals surface area contributed by atoms with Crippen molar-refractivity contribution in [3.8, 4) is 0 Å². The van der Waals surface area contributed by atoms with Crippen LogP contribution in [0.3, 0.4) is 0 Å². The van der Waals surface area contributed by atoms with Crippen LogP contribution in [0.4, 0.5) is 0 Å². The molecular weight excluding hydrogens is 418 g/mol. The number of allylic oxidation sites excluding steroid dienone is 1. The Bertz CT molecular complexity index is 1310. The van der Waals surface area contributed by atoms with E-state index in [-0.39, 0.29) is 23.1 Å². The molecule has 0 spiro atoms. The molecule has 1 unspecified atom stereocenters. The second-order valence-corrected chi connectivity index (χ2v) is 10.3. The lowest BCUT2D eigenvalue weighted by Crippen LogP contribution is -2.40. The van der Waals surface area contributed by atoms with Gasteiger partial charge in [-0.15, -0.1) is 0 Å². The molecule has 0 N–H and O–H groups in total. The molecule has 5 heteroatoms. The molecule has 0 bridgehead atoms. The first kappa shape index (κ1) is 20.7. The minimum Gasteiger partial charge on any atom is -0.273 e. The van der Waals surface area contributed by atoms with E-state index in [1.165, 1.54) is 0 Å². The number of nitrogens with zero attached hydrogens (tertiary/aromatic N) is 1. The van der Waals surface area contributed by atoms with Gasteiger partial charge in [-0.2, -0.15) is 0 Å². The first-order valence-corrected chi connectivity index (χ1v) is 12.4. The number of fused-ring (bicyclic) bond motifs is 2. The molecule has 0 saturated carbocycles. The summed E-state index contributed by atoms with van der Waals surface area (Å²) in [6, 6.07) is 24.6. The highest BCUT2D eigenvalue weighted by molar-refractivity contribution is 7.90. The molecule has 1 atom stereocenters. The maximum Gasteiger partial charge on any atom is 0.270 e. The lowest BCUT2D eigenvalue weighted by molar-refractivity contribution is -0.125. The number of benzene rings is 3. The molecule has 0 fully saturated rings. The third kappa shape index (κ3) is 3.47. The number of hydrogen-bond donors (Lipinski definition) is 0. The number of rotatable bonds is 3. The molecule has 162 valence electrons. The Morgan fingerprint density at radius 3 is 2.28 bits per heavy atom. The average molecular weight is 444 g/mol. The van der Waals surface area contributed by atoms with E-state index in [1.807, 2.05) is 61.5 Å². The highest BCUT2D eigenvalue weighted by Crippen LogP contribution is 2.46. The Kier molecular flexibility index (Phi) is 5.22. The number of sulfonamides is 1. The largest absolute Gasteiger partial charge is 0.273 e. The maximum absolute atomic E-state index is 13.8. The summed E-state index contributed by atoms with van der Waals surface area (Å²) in [5.74, 6) is -0.496. The number of carbonyl (C=O) groups is 1. The highest BCUT2D eigenvalue weighted by atomic mass is 32.2. The van der Waals surface area contributed by atoms with Crippen LogP contribution in [-0.4, -0.2) is 18.6 Å². The predicted molar refractivity (Wildman–Crippen MR) is 125 cm³/mol. The molecule has 0 aromatic heterocycles. The Morgan fingerprint density at radius 2 is 1.53 bits per heavy atom. The van der Waals surface area contributed by atoms with Gasteiger partial charge in [-0.1, -0.05) is 72.3 Å². The second-order valence-electron chi connectivity index (χ2n) is 8.53. The summed E-state index contributed by atoms with van der Waals surface area (Å²) in [5.41, 5.74) is 5.56. The predicted octanol–water partition coefficient (Wildman–Crippen LogP) is 5.45. The minimum absolute atomic E-state index is 0.116. The van der Waals surface area contributed by atoms with Crippen molar-refractivity contribution in [2.45, 2.75) is 43.4 Å². The first-order valence-electron chi connectivity index (χ1n) is 11.0. The molecule has 32 heavy (non-hydrogen) atoms. The van der Waals surface area contributed by atoms with Crippen LogP contribution in [0.2, 0.25) is 0 Å². The zero-order valence-corrected chi connectivity index (χ0v) is 18.8. The van der Waals surface area contributed by atoms with Crippen molar-refractivity contribution in [3.05, 3.63) is 107 Å². The van der Waals surface area contributed by atoms with Crippen LogP contribution < -0.4 is 0 Å². The van der Waals surface area contributed by atoms with E-state index >= 15 is 0 Å². The second kappa shape index (κ2) is 8.06. The summed E-state index contributed by atoms with van der Waals surface area (Å²) in [7, 11) is -4.04. The van der Waals surface area contributed by atoms with Gasteiger partial charge in [0.15, 0.2) is 0 Å². The Hall–Kier alpha value is -3.18. The van der Waals surface area contributed by atoms with Crippen LogP contribution in [0.5, 0.6) is 0 Å². The number of aryl methyl sites for hydroxylation is 2. The van der Waals surface area contributed by atoms with Crippen molar-refractivity contribution in [1.82, 2.24) is 4.31 Å². The summed E-state index contributed by atoms with van der Waals surface area (Å²) >= 11 is 0. The van der Waals surface area contributed by atoms with Crippen LogP contribution in [0.1, 0.15) is 47.4 Å². The van der Waals surface area contributed by atoms with Crippen molar-refractivity contribution in [1.29, 1.82) is 0 Å². The topological polar surface area (TPSA) is 54.5 Å². The molecule has 1 aliphatic heterocycles. The Balaban J connectivity index is 1.76. The monoisotopic (exact) mass is 443 g/mol. The molecule has 1 aliphatic carbocycles. The van der Waals surface area contributed by atoms with Crippen LogP contribution in [0.15, 0.2) is 89.3 Å².